The van der Waals surface area contributed by atoms with Gasteiger partial charge >= 0.3 is 0 Å². The molecule has 0 fully saturated rings. The summed E-state index contributed by atoms with van der Waals surface area (Å²) in [5.41, 5.74) is 11.9. The van der Waals surface area contributed by atoms with Crippen molar-refractivity contribution in [2.75, 3.05) is 0 Å². The molecule has 1 N–H and O–H groups in total. The third-order valence-electron chi connectivity index (χ3n) is 8.96. The predicted octanol–water partition coefficient (Wildman–Crippen LogP) is 10.8. The summed E-state index contributed by atoms with van der Waals surface area (Å²) in [7, 11) is 0. The number of benzene rings is 5. The van der Waals surface area contributed by atoms with Crippen LogP contribution in [0.2, 0.25) is 0 Å². The smallest absolute Gasteiger partial charge is 0.129 e. The van der Waals surface area contributed by atoms with E-state index in [1.807, 2.05) is 97.2 Å². The molecule has 0 unspecified atom stereocenters. The SMILES string of the molecule is Cc1ccccc1-c1cc(-c2ccccc2O)nc(-c2[c-]c(-c3nc4ccccn4c3-c3ccccc3)cc3c2oc2ccccc23)c1.[Pt]. The topological polar surface area (TPSA) is 63.6 Å². The van der Waals surface area contributed by atoms with E-state index in [2.05, 4.69) is 59.9 Å². The Labute approximate surface area is 297 Å². The van der Waals surface area contributed by atoms with Crippen molar-refractivity contribution in [1.82, 2.24) is 14.4 Å². The van der Waals surface area contributed by atoms with Gasteiger partial charge in [0.25, 0.3) is 0 Å². The number of pyridine rings is 2. The number of phenols is 1. The normalized spacial score (nSPS) is 11.3. The Hall–Kier alpha value is -5.77. The van der Waals surface area contributed by atoms with E-state index in [1.165, 1.54) is 0 Å². The van der Waals surface area contributed by atoms with E-state index in [-0.39, 0.29) is 26.8 Å². The number of fused-ring (bicyclic) bond motifs is 4. The Morgan fingerprint density at radius 3 is 2.20 bits per heavy atom. The van der Waals surface area contributed by atoms with Crippen molar-refractivity contribution in [3.63, 3.8) is 0 Å². The Kier molecular flexibility index (Phi) is 7.70. The fourth-order valence-corrected chi connectivity index (χ4v) is 6.67. The van der Waals surface area contributed by atoms with Gasteiger partial charge in [-0.05, 0) is 71.0 Å². The largest absolute Gasteiger partial charge is 0.507 e. The van der Waals surface area contributed by atoms with Gasteiger partial charge < -0.3 is 13.9 Å². The average molecular weight is 814 g/mol. The minimum absolute atomic E-state index is 0. The number of hydrogen-bond donors (Lipinski definition) is 1. The first-order valence-electron chi connectivity index (χ1n) is 15.9. The number of aromatic hydroxyl groups is 1. The number of aromatic nitrogens is 3. The number of para-hydroxylation sites is 2. The van der Waals surface area contributed by atoms with Crippen LogP contribution in [0.1, 0.15) is 5.56 Å². The van der Waals surface area contributed by atoms with Gasteiger partial charge in [0.05, 0.1) is 11.3 Å². The number of rotatable bonds is 5. The summed E-state index contributed by atoms with van der Waals surface area (Å²) < 4.78 is 8.72. The van der Waals surface area contributed by atoms with Gasteiger partial charge in [0.2, 0.25) is 0 Å². The quantitative estimate of drug-likeness (QED) is 0.176. The van der Waals surface area contributed by atoms with E-state index in [9.17, 15) is 5.11 Å². The summed E-state index contributed by atoms with van der Waals surface area (Å²) in [6.07, 6.45) is 2.05. The zero-order chi connectivity index (χ0) is 32.2. The van der Waals surface area contributed by atoms with Crippen LogP contribution >= 0.6 is 0 Å². The molecule has 5 nitrogen and oxygen atoms in total. The average Bonchev–Trinajstić information content (AvgIpc) is 3.71. The summed E-state index contributed by atoms with van der Waals surface area (Å²) >= 11 is 0. The first kappa shape index (κ1) is 30.6. The van der Waals surface area contributed by atoms with Crippen LogP contribution in [0.25, 0.3) is 83.7 Å². The molecule has 0 saturated heterocycles. The summed E-state index contributed by atoms with van der Waals surface area (Å²) in [5, 5.41) is 12.9. The van der Waals surface area contributed by atoms with Gasteiger partial charge in [-0.2, -0.15) is 0 Å². The Morgan fingerprint density at radius 2 is 1.37 bits per heavy atom. The number of phenolic OH excluding ortho intramolecular Hbond substituents is 1. The molecule has 0 aliphatic rings. The molecule has 0 aliphatic heterocycles. The van der Waals surface area contributed by atoms with Crippen molar-refractivity contribution in [2.24, 2.45) is 0 Å². The molecule has 238 valence electrons. The maximum Gasteiger partial charge on any atom is 0.129 e. The maximum absolute atomic E-state index is 10.9. The number of imidazole rings is 1. The van der Waals surface area contributed by atoms with Crippen LogP contribution in [0.3, 0.4) is 0 Å². The van der Waals surface area contributed by atoms with E-state index in [4.69, 9.17) is 14.4 Å². The second kappa shape index (κ2) is 12.4. The van der Waals surface area contributed by atoms with Gasteiger partial charge in [-0.15, -0.1) is 12.1 Å². The van der Waals surface area contributed by atoms with E-state index in [1.54, 1.807) is 6.07 Å². The van der Waals surface area contributed by atoms with Crippen LogP contribution in [0, 0.1) is 13.0 Å². The van der Waals surface area contributed by atoms with Gasteiger partial charge in [0.1, 0.15) is 17.0 Å². The van der Waals surface area contributed by atoms with Crippen molar-refractivity contribution in [2.45, 2.75) is 6.92 Å². The first-order valence-corrected chi connectivity index (χ1v) is 15.9. The molecule has 0 spiro atoms. The third-order valence-corrected chi connectivity index (χ3v) is 8.96. The summed E-state index contributed by atoms with van der Waals surface area (Å²) in [6, 6.07) is 50.1. The Morgan fingerprint density at radius 1 is 0.653 bits per heavy atom. The number of furan rings is 1. The molecule has 4 heterocycles. The van der Waals surface area contributed by atoms with E-state index in [0.29, 0.717) is 22.5 Å². The molecule has 6 heteroatoms. The van der Waals surface area contributed by atoms with Crippen LogP contribution in [0.15, 0.2) is 150 Å². The van der Waals surface area contributed by atoms with Crippen LogP contribution in [-0.2, 0) is 21.1 Å². The number of aryl methyl sites for hydroxylation is 1. The van der Waals surface area contributed by atoms with Gasteiger partial charge in [-0.25, -0.2) is 0 Å². The fraction of sp³-hybridized carbons (Fsp3) is 0.0233. The van der Waals surface area contributed by atoms with E-state index in [0.717, 1.165) is 66.8 Å². The van der Waals surface area contributed by atoms with Crippen molar-refractivity contribution in [1.29, 1.82) is 0 Å². The molecular formula is C43H28N3O2Pt-. The summed E-state index contributed by atoms with van der Waals surface area (Å²) in [6.45, 7) is 2.10. The van der Waals surface area contributed by atoms with E-state index >= 15 is 0 Å². The van der Waals surface area contributed by atoms with Crippen LogP contribution in [0.4, 0.5) is 0 Å². The summed E-state index contributed by atoms with van der Waals surface area (Å²) in [5.74, 6) is 0.168. The predicted molar refractivity (Wildman–Crippen MR) is 193 cm³/mol. The molecule has 0 aliphatic carbocycles. The molecule has 0 atom stereocenters. The molecule has 49 heavy (non-hydrogen) atoms. The number of hydrogen-bond acceptors (Lipinski definition) is 4. The third kappa shape index (κ3) is 5.24. The molecule has 9 aromatic rings. The van der Waals surface area contributed by atoms with Crippen molar-refractivity contribution < 1.29 is 30.6 Å². The van der Waals surface area contributed by atoms with Crippen LogP contribution in [-0.4, -0.2) is 19.5 Å². The summed E-state index contributed by atoms with van der Waals surface area (Å²) in [4.78, 5) is 10.4. The van der Waals surface area contributed by atoms with Gasteiger partial charge in [0.15, 0.2) is 0 Å². The standard InChI is InChI=1S/C43H28N3O2.Pt/c1-27-13-5-6-16-31(27)29-25-36(33-18-7-9-19-38(33)47)44-37(26-29)35-24-30(23-34-32-17-8-10-20-39(32)48-43(34)35)41-42(28-14-3-2-4-15-28)46-22-12-11-21-40(46)45-41;/h2-23,25-26,47H,1H3;/q-1;. The molecule has 0 bridgehead atoms. The minimum atomic E-state index is 0. The molecule has 4 aromatic heterocycles. The van der Waals surface area contributed by atoms with E-state index < -0.39 is 0 Å². The second-order valence-electron chi connectivity index (χ2n) is 12.0. The van der Waals surface area contributed by atoms with Crippen molar-refractivity contribution in [3.8, 4) is 61.9 Å². The maximum atomic E-state index is 10.9. The number of nitrogens with zero attached hydrogens (tertiary/aromatic N) is 3. The minimum Gasteiger partial charge on any atom is -0.507 e. The molecule has 9 rings (SSSR count). The molecule has 0 radical (unpaired) electrons. The Bertz CT molecular complexity index is 2590. The zero-order valence-electron chi connectivity index (χ0n) is 26.4. The molecule has 0 saturated carbocycles. The van der Waals surface area contributed by atoms with Gasteiger partial charge in [-0.3, -0.25) is 9.97 Å². The molecule has 5 aromatic carbocycles. The first-order chi connectivity index (χ1) is 23.6. The molecular weight excluding hydrogens is 786 g/mol. The van der Waals surface area contributed by atoms with Gasteiger partial charge in [0, 0.05) is 55.3 Å². The van der Waals surface area contributed by atoms with Crippen LogP contribution < -0.4 is 0 Å². The van der Waals surface area contributed by atoms with Gasteiger partial charge in [-0.1, -0.05) is 108 Å². The Balaban J connectivity index is 0.00000348. The second-order valence-corrected chi connectivity index (χ2v) is 12.0. The van der Waals surface area contributed by atoms with Crippen molar-refractivity contribution >= 4 is 27.6 Å². The van der Waals surface area contributed by atoms with Crippen LogP contribution in [0.5, 0.6) is 5.75 Å². The fourth-order valence-electron chi connectivity index (χ4n) is 6.67. The monoisotopic (exact) mass is 813 g/mol. The van der Waals surface area contributed by atoms with Crippen molar-refractivity contribution in [3.05, 3.63) is 157 Å². The molecule has 0 amide bonds. The zero-order valence-corrected chi connectivity index (χ0v) is 28.6.